The molecule has 0 bridgehead atoms. The smallest absolute Gasteiger partial charge is 0.357 e. The zero-order chi connectivity index (χ0) is 11.5. The minimum absolute atomic E-state index is 0.291. The first-order valence-corrected chi connectivity index (χ1v) is 5.21. The SMILES string of the molecule is Cc1nnsc1C(=O)Oc1ccc(F)cc1. The summed E-state index contributed by atoms with van der Waals surface area (Å²) < 4.78 is 21.3. The molecule has 1 aromatic carbocycles. The van der Waals surface area contributed by atoms with E-state index in [1.165, 1.54) is 24.3 Å². The van der Waals surface area contributed by atoms with Crippen molar-refractivity contribution in [2.24, 2.45) is 0 Å². The summed E-state index contributed by atoms with van der Waals surface area (Å²) in [5.41, 5.74) is 0.525. The summed E-state index contributed by atoms with van der Waals surface area (Å²) in [6.45, 7) is 1.67. The van der Waals surface area contributed by atoms with Gasteiger partial charge in [-0.15, -0.1) is 5.10 Å². The predicted molar refractivity (Wildman–Crippen MR) is 56.0 cm³/mol. The van der Waals surface area contributed by atoms with Gasteiger partial charge in [0.05, 0.1) is 5.69 Å². The minimum atomic E-state index is -0.529. The lowest BCUT2D eigenvalue weighted by atomic mass is 10.3. The van der Waals surface area contributed by atoms with Crippen molar-refractivity contribution in [1.29, 1.82) is 0 Å². The Morgan fingerprint density at radius 2 is 2.06 bits per heavy atom. The van der Waals surface area contributed by atoms with E-state index >= 15 is 0 Å². The summed E-state index contributed by atoms with van der Waals surface area (Å²) in [5.74, 6) is -0.617. The van der Waals surface area contributed by atoms with E-state index in [0.29, 0.717) is 16.3 Å². The molecule has 0 atom stereocenters. The number of carbonyl (C=O) groups is 1. The number of rotatable bonds is 2. The Morgan fingerprint density at radius 1 is 1.38 bits per heavy atom. The number of aryl methyl sites for hydroxylation is 1. The summed E-state index contributed by atoms with van der Waals surface area (Å²) in [5, 5.41) is 3.70. The lowest BCUT2D eigenvalue weighted by molar-refractivity contribution is 0.0738. The normalized spacial score (nSPS) is 10.1. The van der Waals surface area contributed by atoms with Crippen LogP contribution in [0, 0.1) is 12.7 Å². The van der Waals surface area contributed by atoms with Crippen LogP contribution in [0.4, 0.5) is 4.39 Å². The third-order valence-corrected chi connectivity index (χ3v) is 2.67. The van der Waals surface area contributed by atoms with Crippen molar-refractivity contribution in [1.82, 2.24) is 9.59 Å². The zero-order valence-electron chi connectivity index (χ0n) is 8.31. The molecule has 1 heterocycles. The Balaban J connectivity index is 2.14. The highest BCUT2D eigenvalue weighted by molar-refractivity contribution is 7.07. The van der Waals surface area contributed by atoms with Crippen LogP contribution in [0.5, 0.6) is 5.75 Å². The average Bonchev–Trinajstić information content (AvgIpc) is 2.68. The first-order chi connectivity index (χ1) is 7.66. The molecular weight excluding hydrogens is 231 g/mol. The molecule has 0 aliphatic heterocycles. The maximum Gasteiger partial charge on any atom is 0.357 e. The van der Waals surface area contributed by atoms with Gasteiger partial charge >= 0.3 is 5.97 Å². The number of benzene rings is 1. The molecule has 0 N–H and O–H groups in total. The Hall–Kier alpha value is -1.82. The molecule has 0 saturated carbocycles. The number of hydrogen-bond donors (Lipinski definition) is 0. The van der Waals surface area contributed by atoms with Crippen LogP contribution in [0.25, 0.3) is 0 Å². The van der Waals surface area contributed by atoms with Crippen molar-refractivity contribution in [3.05, 3.63) is 40.7 Å². The van der Waals surface area contributed by atoms with Gasteiger partial charge in [-0.25, -0.2) is 9.18 Å². The van der Waals surface area contributed by atoms with Gasteiger partial charge in [0.1, 0.15) is 11.6 Å². The highest BCUT2D eigenvalue weighted by Gasteiger charge is 2.15. The summed E-state index contributed by atoms with van der Waals surface area (Å²) in [4.78, 5) is 11.9. The molecule has 0 saturated heterocycles. The Kier molecular flexibility index (Phi) is 2.91. The number of nitrogens with zero attached hydrogens (tertiary/aromatic N) is 2. The van der Waals surface area contributed by atoms with Crippen molar-refractivity contribution < 1.29 is 13.9 Å². The second-order valence-corrected chi connectivity index (χ2v) is 3.79. The highest BCUT2D eigenvalue weighted by Crippen LogP contribution is 2.16. The summed E-state index contributed by atoms with van der Waals surface area (Å²) in [6.07, 6.45) is 0. The van der Waals surface area contributed by atoms with Crippen molar-refractivity contribution >= 4 is 17.5 Å². The van der Waals surface area contributed by atoms with Gasteiger partial charge in [0.2, 0.25) is 0 Å². The van der Waals surface area contributed by atoms with Crippen molar-refractivity contribution in [2.45, 2.75) is 6.92 Å². The quantitative estimate of drug-likeness (QED) is 0.594. The number of hydrogen-bond acceptors (Lipinski definition) is 5. The van der Waals surface area contributed by atoms with E-state index in [1.807, 2.05) is 0 Å². The minimum Gasteiger partial charge on any atom is -0.422 e. The van der Waals surface area contributed by atoms with E-state index in [4.69, 9.17) is 4.74 Å². The van der Waals surface area contributed by atoms with Crippen molar-refractivity contribution in [3.63, 3.8) is 0 Å². The number of aromatic nitrogens is 2. The first-order valence-electron chi connectivity index (χ1n) is 4.43. The van der Waals surface area contributed by atoms with Gasteiger partial charge < -0.3 is 4.74 Å². The monoisotopic (exact) mass is 238 g/mol. The summed E-state index contributed by atoms with van der Waals surface area (Å²) in [6, 6.07) is 5.22. The Labute approximate surface area is 94.8 Å². The molecule has 0 aliphatic rings. The van der Waals surface area contributed by atoms with Gasteiger partial charge in [0, 0.05) is 0 Å². The second kappa shape index (κ2) is 4.36. The van der Waals surface area contributed by atoms with Crippen LogP contribution in [0.2, 0.25) is 0 Å². The fourth-order valence-corrected chi connectivity index (χ4v) is 1.61. The van der Waals surface area contributed by atoms with Gasteiger partial charge in [-0.3, -0.25) is 0 Å². The third-order valence-electron chi connectivity index (χ3n) is 1.86. The van der Waals surface area contributed by atoms with Crippen LogP contribution >= 0.6 is 11.5 Å². The molecule has 0 amide bonds. The van der Waals surface area contributed by atoms with E-state index in [9.17, 15) is 9.18 Å². The largest absolute Gasteiger partial charge is 0.422 e. The van der Waals surface area contributed by atoms with Gasteiger partial charge in [0.15, 0.2) is 4.88 Å². The number of halogens is 1. The van der Waals surface area contributed by atoms with Gasteiger partial charge in [-0.1, -0.05) is 4.49 Å². The molecule has 0 fully saturated rings. The van der Waals surface area contributed by atoms with Gasteiger partial charge in [-0.2, -0.15) is 0 Å². The molecule has 6 heteroatoms. The van der Waals surface area contributed by atoms with Crippen LogP contribution in [-0.2, 0) is 0 Å². The van der Waals surface area contributed by atoms with E-state index in [-0.39, 0.29) is 5.82 Å². The van der Waals surface area contributed by atoms with E-state index in [2.05, 4.69) is 9.59 Å². The molecule has 1 aromatic heterocycles. The van der Waals surface area contributed by atoms with Gasteiger partial charge in [-0.05, 0) is 42.7 Å². The molecule has 0 spiro atoms. The van der Waals surface area contributed by atoms with E-state index in [1.54, 1.807) is 6.92 Å². The maximum absolute atomic E-state index is 12.6. The molecule has 0 radical (unpaired) electrons. The van der Waals surface area contributed by atoms with Crippen LogP contribution < -0.4 is 4.74 Å². The molecule has 16 heavy (non-hydrogen) atoms. The molecule has 0 aliphatic carbocycles. The second-order valence-electron chi connectivity index (χ2n) is 3.03. The number of carbonyl (C=O) groups excluding carboxylic acids is 1. The Bertz CT molecular complexity index is 510. The maximum atomic E-state index is 12.6. The lowest BCUT2D eigenvalue weighted by Crippen LogP contribution is -2.07. The zero-order valence-corrected chi connectivity index (χ0v) is 9.12. The van der Waals surface area contributed by atoms with Crippen LogP contribution in [-0.4, -0.2) is 15.6 Å². The molecule has 82 valence electrons. The van der Waals surface area contributed by atoms with Crippen LogP contribution in [0.15, 0.2) is 24.3 Å². The fourth-order valence-electron chi connectivity index (χ4n) is 1.07. The highest BCUT2D eigenvalue weighted by atomic mass is 32.1. The summed E-state index contributed by atoms with van der Waals surface area (Å²) in [7, 11) is 0. The topological polar surface area (TPSA) is 52.1 Å². The lowest BCUT2D eigenvalue weighted by Gasteiger charge is -2.01. The standard InChI is InChI=1S/C10H7FN2O2S/c1-6-9(16-13-12-6)10(14)15-8-4-2-7(11)3-5-8/h2-5H,1H3. The van der Waals surface area contributed by atoms with E-state index in [0.717, 1.165) is 11.5 Å². The van der Waals surface area contributed by atoms with E-state index < -0.39 is 5.97 Å². The molecular formula is C10H7FN2O2S. The molecule has 0 unspecified atom stereocenters. The predicted octanol–water partition coefficient (Wildman–Crippen LogP) is 2.20. The van der Waals surface area contributed by atoms with Crippen molar-refractivity contribution in [2.75, 3.05) is 0 Å². The average molecular weight is 238 g/mol. The van der Waals surface area contributed by atoms with Crippen LogP contribution in [0.3, 0.4) is 0 Å². The third kappa shape index (κ3) is 2.22. The Morgan fingerprint density at radius 3 is 2.62 bits per heavy atom. The first kappa shape index (κ1) is 10.7. The number of ether oxygens (including phenoxy) is 1. The van der Waals surface area contributed by atoms with Crippen molar-refractivity contribution in [3.8, 4) is 5.75 Å². The summed E-state index contributed by atoms with van der Waals surface area (Å²) >= 11 is 0.970. The van der Waals surface area contributed by atoms with Crippen LogP contribution in [0.1, 0.15) is 15.4 Å². The molecule has 2 aromatic rings. The van der Waals surface area contributed by atoms with Gasteiger partial charge in [0.25, 0.3) is 0 Å². The molecule has 4 nitrogen and oxygen atoms in total. The fraction of sp³-hybridized carbons (Fsp3) is 0.100. The molecule has 2 rings (SSSR count). The number of esters is 1.